The number of anilines is 1. The molecule has 3 aromatic heterocycles. The Morgan fingerprint density at radius 3 is 2.50 bits per heavy atom. The number of fused-ring (bicyclic) bond motifs is 1. The van der Waals surface area contributed by atoms with Crippen molar-refractivity contribution in [2.75, 3.05) is 12.4 Å². The third-order valence-corrected chi connectivity index (χ3v) is 5.09. The van der Waals surface area contributed by atoms with E-state index in [1.54, 1.807) is 25.4 Å². The van der Waals surface area contributed by atoms with Crippen LogP contribution < -0.4 is 10.6 Å². The van der Waals surface area contributed by atoms with Gasteiger partial charge < -0.3 is 15.1 Å². The van der Waals surface area contributed by atoms with Crippen molar-refractivity contribution in [1.82, 2.24) is 24.9 Å². The molecule has 5 aromatic rings. The topological polar surface area (TPSA) is 97.3 Å². The monoisotopic (exact) mass is 424 g/mol. The molecule has 3 heterocycles. The molecular formula is C24H20N6O2. The molecule has 8 heteroatoms. The molecule has 0 fully saturated rings. The number of amides is 1. The Morgan fingerprint density at radius 1 is 1.00 bits per heavy atom. The quantitative estimate of drug-likeness (QED) is 0.427. The number of furan rings is 1. The SMILES string of the molecule is CNc1ncc(C(=O)NCc2ccc(-c3ccccc3)cc2)c2nc(-c3ccco3)nn12. The van der Waals surface area contributed by atoms with Crippen molar-refractivity contribution in [3.8, 4) is 22.7 Å². The van der Waals surface area contributed by atoms with Crippen LogP contribution in [0.25, 0.3) is 28.4 Å². The largest absolute Gasteiger partial charge is 0.461 e. The fraction of sp³-hybridized carbons (Fsp3) is 0.0833. The van der Waals surface area contributed by atoms with Crippen LogP contribution in [0.5, 0.6) is 0 Å². The van der Waals surface area contributed by atoms with Gasteiger partial charge in [0, 0.05) is 19.8 Å². The van der Waals surface area contributed by atoms with Gasteiger partial charge in [-0.3, -0.25) is 4.79 Å². The Morgan fingerprint density at radius 2 is 1.78 bits per heavy atom. The molecule has 0 aliphatic heterocycles. The maximum atomic E-state index is 12.9. The molecule has 0 aliphatic rings. The van der Waals surface area contributed by atoms with Gasteiger partial charge in [-0.1, -0.05) is 54.6 Å². The number of hydrogen-bond donors (Lipinski definition) is 2. The van der Waals surface area contributed by atoms with Gasteiger partial charge >= 0.3 is 0 Å². The summed E-state index contributed by atoms with van der Waals surface area (Å²) in [5.74, 6) is 1.08. The summed E-state index contributed by atoms with van der Waals surface area (Å²) in [6.45, 7) is 0.382. The summed E-state index contributed by atoms with van der Waals surface area (Å²) in [7, 11) is 1.73. The highest BCUT2D eigenvalue weighted by atomic mass is 16.3. The third kappa shape index (κ3) is 3.69. The molecule has 0 unspecified atom stereocenters. The van der Waals surface area contributed by atoms with Crippen LogP contribution in [-0.4, -0.2) is 32.5 Å². The van der Waals surface area contributed by atoms with Crippen molar-refractivity contribution in [3.63, 3.8) is 0 Å². The van der Waals surface area contributed by atoms with Gasteiger partial charge in [-0.25, -0.2) is 9.97 Å². The molecule has 158 valence electrons. The zero-order valence-corrected chi connectivity index (χ0v) is 17.3. The van der Waals surface area contributed by atoms with Gasteiger partial charge in [-0.2, -0.15) is 4.52 Å². The van der Waals surface area contributed by atoms with Crippen molar-refractivity contribution >= 4 is 17.5 Å². The van der Waals surface area contributed by atoms with E-state index in [0.29, 0.717) is 35.3 Å². The predicted molar refractivity (Wildman–Crippen MR) is 121 cm³/mol. The number of hydrogen-bond acceptors (Lipinski definition) is 6. The average Bonchev–Trinajstić information content (AvgIpc) is 3.53. The van der Waals surface area contributed by atoms with Crippen molar-refractivity contribution in [2.24, 2.45) is 0 Å². The number of carbonyl (C=O) groups excluding carboxylic acids is 1. The standard InChI is InChI=1S/C24H20N6O2/c1-25-24-27-15-19(22-28-21(29-30(22)24)20-8-5-13-32-20)23(31)26-14-16-9-11-18(12-10-16)17-6-3-2-4-7-17/h2-13,15H,14H2,1H3,(H,25,27)(H,26,31). The minimum absolute atomic E-state index is 0.282. The number of carbonyl (C=O) groups is 1. The van der Waals surface area contributed by atoms with E-state index in [1.807, 2.05) is 42.5 Å². The Balaban J connectivity index is 1.37. The van der Waals surface area contributed by atoms with Crippen LogP contribution in [0.1, 0.15) is 15.9 Å². The molecule has 0 saturated heterocycles. The smallest absolute Gasteiger partial charge is 0.256 e. The zero-order valence-electron chi connectivity index (χ0n) is 17.3. The lowest BCUT2D eigenvalue weighted by molar-refractivity contribution is 0.0951. The van der Waals surface area contributed by atoms with E-state index in [1.165, 1.54) is 10.7 Å². The minimum Gasteiger partial charge on any atom is -0.461 e. The van der Waals surface area contributed by atoms with Crippen LogP contribution in [0.15, 0.2) is 83.6 Å². The fourth-order valence-corrected chi connectivity index (χ4v) is 3.44. The first-order valence-corrected chi connectivity index (χ1v) is 10.1. The molecule has 8 nitrogen and oxygen atoms in total. The van der Waals surface area contributed by atoms with Crippen molar-refractivity contribution in [2.45, 2.75) is 6.54 Å². The molecule has 2 aromatic carbocycles. The van der Waals surface area contributed by atoms with Gasteiger partial charge in [0.1, 0.15) is 5.56 Å². The number of nitrogens with zero attached hydrogens (tertiary/aromatic N) is 4. The lowest BCUT2D eigenvalue weighted by Gasteiger charge is -2.08. The highest BCUT2D eigenvalue weighted by molar-refractivity contribution is 5.99. The van der Waals surface area contributed by atoms with Crippen LogP contribution >= 0.6 is 0 Å². The van der Waals surface area contributed by atoms with Crippen molar-refractivity contribution < 1.29 is 9.21 Å². The third-order valence-electron chi connectivity index (χ3n) is 5.09. The molecule has 0 aliphatic carbocycles. The highest BCUT2D eigenvalue weighted by Gasteiger charge is 2.19. The van der Waals surface area contributed by atoms with Crippen molar-refractivity contribution in [1.29, 1.82) is 0 Å². The molecule has 32 heavy (non-hydrogen) atoms. The van der Waals surface area contributed by atoms with Gasteiger partial charge in [0.2, 0.25) is 11.8 Å². The summed E-state index contributed by atoms with van der Waals surface area (Å²) < 4.78 is 6.89. The summed E-state index contributed by atoms with van der Waals surface area (Å²) in [6, 6.07) is 21.8. The summed E-state index contributed by atoms with van der Waals surface area (Å²) in [6.07, 6.45) is 3.05. The molecule has 5 rings (SSSR count). The van der Waals surface area contributed by atoms with Gasteiger partial charge in [0.15, 0.2) is 11.4 Å². The van der Waals surface area contributed by atoms with E-state index in [-0.39, 0.29) is 5.91 Å². The van der Waals surface area contributed by atoms with E-state index >= 15 is 0 Å². The highest BCUT2D eigenvalue weighted by Crippen LogP contribution is 2.21. The summed E-state index contributed by atoms with van der Waals surface area (Å²) in [5, 5.41) is 10.3. The van der Waals surface area contributed by atoms with Crippen molar-refractivity contribution in [3.05, 3.63) is 90.3 Å². The Kier molecular flexibility index (Phi) is 5.09. The zero-order chi connectivity index (χ0) is 21.9. The summed E-state index contributed by atoms with van der Waals surface area (Å²) in [4.78, 5) is 21.7. The van der Waals surface area contributed by atoms with Gasteiger partial charge in [0.05, 0.1) is 6.26 Å². The Hall–Kier alpha value is -4.46. The van der Waals surface area contributed by atoms with E-state index in [9.17, 15) is 4.79 Å². The van der Waals surface area contributed by atoms with E-state index < -0.39 is 0 Å². The van der Waals surface area contributed by atoms with E-state index in [0.717, 1.165) is 16.7 Å². The average molecular weight is 424 g/mol. The van der Waals surface area contributed by atoms with E-state index in [2.05, 4.69) is 37.8 Å². The van der Waals surface area contributed by atoms with Gasteiger partial charge in [-0.15, -0.1) is 5.10 Å². The summed E-state index contributed by atoms with van der Waals surface area (Å²) in [5.41, 5.74) is 4.00. The first-order valence-electron chi connectivity index (χ1n) is 10.1. The molecular weight excluding hydrogens is 404 g/mol. The molecule has 1 amide bonds. The molecule has 2 N–H and O–H groups in total. The van der Waals surface area contributed by atoms with Gasteiger partial charge in [-0.05, 0) is 28.8 Å². The van der Waals surface area contributed by atoms with Crippen LogP contribution in [0.2, 0.25) is 0 Å². The van der Waals surface area contributed by atoms with Crippen LogP contribution in [0.4, 0.5) is 5.95 Å². The van der Waals surface area contributed by atoms with Crippen LogP contribution in [0.3, 0.4) is 0 Å². The number of aromatic nitrogens is 4. The molecule has 0 spiro atoms. The molecule has 0 saturated carbocycles. The minimum atomic E-state index is -0.282. The number of rotatable bonds is 6. The second-order valence-corrected chi connectivity index (χ2v) is 7.14. The first-order chi connectivity index (χ1) is 15.7. The second-order valence-electron chi connectivity index (χ2n) is 7.14. The van der Waals surface area contributed by atoms with E-state index in [4.69, 9.17) is 4.42 Å². The van der Waals surface area contributed by atoms with Gasteiger partial charge in [0.25, 0.3) is 5.91 Å². The molecule has 0 radical (unpaired) electrons. The van der Waals surface area contributed by atoms with Crippen LogP contribution in [0, 0.1) is 0 Å². The Labute approximate surface area is 183 Å². The fourth-order valence-electron chi connectivity index (χ4n) is 3.44. The number of nitrogens with one attached hydrogen (secondary N) is 2. The normalized spacial score (nSPS) is 10.9. The predicted octanol–water partition coefficient (Wildman–Crippen LogP) is 4.02. The molecule has 0 bridgehead atoms. The molecule has 0 atom stereocenters. The first kappa shape index (κ1) is 19.5. The maximum absolute atomic E-state index is 12.9. The summed E-state index contributed by atoms with van der Waals surface area (Å²) >= 11 is 0. The van der Waals surface area contributed by atoms with Crippen LogP contribution in [-0.2, 0) is 6.54 Å². The Bertz CT molecular complexity index is 1360. The lowest BCUT2D eigenvalue weighted by Crippen LogP contribution is -2.24. The maximum Gasteiger partial charge on any atom is 0.256 e. The lowest BCUT2D eigenvalue weighted by atomic mass is 10.0. The second kappa shape index (κ2) is 8.35. The number of benzene rings is 2.